The molecule has 0 aromatic carbocycles. The third kappa shape index (κ3) is 8.83. The molecule has 0 radical (unpaired) electrons. The Kier molecular flexibility index (Phi) is 9.43. The summed E-state index contributed by atoms with van der Waals surface area (Å²) in [7, 11) is 0. The van der Waals surface area contributed by atoms with Crippen LogP contribution >= 0.6 is 28.3 Å². The number of rotatable bonds is 1. The van der Waals surface area contributed by atoms with Crippen LogP contribution in [0.4, 0.5) is 0 Å². The maximum Gasteiger partial charge on any atom is 0.0603 e. The van der Waals surface area contributed by atoms with Crippen molar-refractivity contribution in [3.05, 3.63) is 0 Å². The highest BCUT2D eigenvalue weighted by Crippen LogP contribution is 1.91. The fourth-order valence-electron chi connectivity index (χ4n) is 0. The van der Waals surface area contributed by atoms with Crippen LogP contribution in [0, 0.1) is 0 Å². The van der Waals surface area contributed by atoms with E-state index in [-0.39, 0.29) is 17.4 Å². The van der Waals surface area contributed by atoms with Crippen molar-refractivity contribution in [3.8, 4) is 0 Å². The van der Waals surface area contributed by atoms with Gasteiger partial charge in [0.05, 0.1) is 4.95 Å². The molecule has 0 aromatic rings. The molecule has 0 aromatic heterocycles. The van der Waals surface area contributed by atoms with Gasteiger partial charge in [0.15, 0.2) is 0 Å². The van der Waals surface area contributed by atoms with Gasteiger partial charge >= 0.3 is 0 Å². The third-order valence-electron chi connectivity index (χ3n) is 0.390. The average molecular weight is 174 g/mol. The van der Waals surface area contributed by atoms with Crippen molar-refractivity contribution in [2.24, 2.45) is 5.73 Å². The van der Waals surface area contributed by atoms with E-state index in [9.17, 15) is 0 Å². The quantitative estimate of drug-likeness (QED) is 0.473. The second kappa shape index (κ2) is 5.73. The van der Waals surface area contributed by atoms with E-state index in [1.807, 2.05) is 6.92 Å². The first-order valence-corrected chi connectivity index (χ1v) is 2.58. The first-order valence-electron chi connectivity index (χ1n) is 1.67. The molecule has 0 aliphatic rings. The van der Waals surface area contributed by atoms with Gasteiger partial charge in [-0.3, -0.25) is 0 Å². The summed E-state index contributed by atoms with van der Waals surface area (Å²) in [5, 5.41) is 0. The molecule has 0 rings (SSSR count). The molecule has 1 atom stereocenters. The van der Waals surface area contributed by atoms with Gasteiger partial charge in [-0.2, -0.15) is 0 Å². The number of halogens is 2. The topological polar surface area (TPSA) is 26.0 Å². The van der Waals surface area contributed by atoms with Crippen molar-refractivity contribution in [3.63, 3.8) is 0 Å². The summed E-state index contributed by atoms with van der Waals surface area (Å²) in [5.41, 5.74) is 5.21. The maximum absolute atomic E-state index is 5.21. The molecule has 0 aliphatic carbocycles. The minimum Gasteiger partial charge on any atom is -0.319 e. The van der Waals surface area contributed by atoms with Gasteiger partial charge in [-0.15, -0.1) is 12.4 Å². The van der Waals surface area contributed by atoms with Crippen molar-refractivity contribution in [2.75, 3.05) is 0 Å². The lowest BCUT2D eigenvalue weighted by molar-refractivity contribution is 0.884. The zero-order chi connectivity index (χ0) is 4.28. The Morgan fingerprint density at radius 3 is 2.00 bits per heavy atom. The fraction of sp³-hybridized carbons (Fsp3) is 1.00. The molecule has 3 heteroatoms. The Morgan fingerprint density at radius 2 is 2.00 bits per heavy atom. The summed E-state index contributed by atoms with van der Waals surface area (Å²) in [4.78, 5) is 0.197. The van der Waals surface area contributed by atoms with E-state index in [2.05, 4.69) is 15.9 Å². The van der Waals surface area contributed by atoms with E-state index in [0.29, 0.717) is 0 Å². The normalized spacial score (nSPS) is 12.5. The molecular weight excluding hydrogens is 165 g/mol. The van der Waals surface area contributed by atoms with Gasteiger partial charge in [-0.25, -0.2) is 0 Å². The molecule has 1 nitrogen and oxygen atoms in total. The van der Waals surface area contributed by atoms with Crippen LogP contribution in [-0.4, -0.2) is 4.95 Å². The van der Waals surface area contributed by atoms with E-state index in [4.69, 9.17) is 5.73 Å². The van der Waals surface area contributed by atoms with E-state index in [1.165, 1.54) is 0 Å². The number of alkyl halides is 1. The van der Waals surface area contributed by atoms with Crippen molar-refractivity contribution in [1.29, 1.82) is 0 Å². The second-order valence-corrected chi connectivity index (χ2v) is 2.10. The number of hydrogen-bond donors (Lipinski definition) is 1. The van der Waals surface area contributed by atoms with Crippen LogP contribution in [0.25, 0.3) is 0 Å². The number of nitrogens with two attached hydrogens (primary N) is 1. The highest BCUT2D eigenvalue weighted by Gasteiger charge is 1.82. The molecule has 40 valence electrons. The lowest BCUT2D eigenvalue weighted by Crippen LogP contribution is -2.07. The van der Waals surface area contributed by atoms with Gasteiger partial charge in [0.2, 0.25) is 0 Å². The van der Waals surface area contributed by atoms with Crippen LogP contribution in [0.3, 0.4) is 0 Å². The highest BCUT2D eigenvalue weighted by atomic mass is 79.9. The summed E-state index contributed by atoms with van der Waals surface area (Å²) in [6.45, 7) is 2.03. The fourth-order valence-corrected chi connectivity index (χ4v) is 0. The predicted octanol–water partition coefficient (Wildman–Crippen LogP) is 1.50. The standard InChI is InChI=1S/C3H8BrN.ClH/c1-2-3(4)5;/h3H,2,5H2,1H3;1H. The molecule has 0 amide bonds. The largest absolute Gasteiger partial charge is 0.319 e. The minimum absolute atomic E-state index is 0. The van der Waals surface area contributed by atoms with Crippen LogP contribution in [0.1, 0.15) is 13.3 Å². The summed E-state index contributed by atoms with van der Waals surface area (Å²) in [6, 6.07) is 0. The molecule has 6 heavy (non-hydrogen) atoms. The van der Waals surface area contributed by atoms with Gasteiger partial charge in [0, 0.05) is 0 Å². The minimum atomic E-state index is 0. The molecule has 0 spiro atoms. The molecule has 0 fully saturated rings. The SMILES string of the molecule is CCC(N)Br.Cl. The maximum atomic E-state index is 5.21. The first kappa shape index (κ1) is 9.88. The van der Waals surface area contributed by atoms with Crippen LogP contribution in [0.5, 0.6) is 0 Å². The Bertz CT molecular complexity index is 24.8. The van der Waals surface area contributed by atoms with Crippen LogP contribution < -0.4 is 5.73 Å². The zero-order valence-corrected chi connectivity index (χ0v) is 6.05. The molecule has 0 saturated heterocycles. The van der Waals surface area contributed by atoms with Crippen molar-refractivity contribution in [1.82, 2.24) is 0 Å². The molecule has 0 heterocycles. The molecule has 0 bridgehead atoms. The lowest BCUT2D eigenvalue weighted by Gasteiger charge is -1.89. The van der Waals surface area contributed by atoms with E-state index < -0.39 is 0 Å². The molecular formula is C3H9BrClN. The van der Waals surface area contributed by atoms with Crippen molar-refractivity contribution in [2.45, 2.75) is 18.3 Å². The summed E-state index contributed by atoms with van der Waals surface area (Å²) < 4.78 is 0. The van der Waals surface area contributed by atoms with Crippen LogP contribution in [-0.2, 0) is 0 Å². The predicted molar refractivity (Wildman–Crippen MR) is 34.4 cm³/mol. The number of hydrogen-bond acceptors (Lipinski definition) is 1. The Balaban J connectivity index is 0. The zero-order valence-electron chi connectivity index (χ0n) is 3.65. The monoisotopic (exact) mass is 173 g/mol. The second-order valence-electron chi connectivity index (χ2n) is 0.924. The van der Waals surface area contributed by atoms with Crippen molar-refractivity contribution >= 4 is 28.3 Å². The Labute approximate surface area is 52.8 Å². The summed E-state index contributed by atoms with van der Waals surface area (Å²) >= 11 is 3.15. The Morgan fingerprint density at radius 1 is 1.83 bits per heavy atom. The van der Waals surface area contributed by atoms with Gasteiger partial charge in [-0.05, 0) is 6.42 Å². The van der Waals surface area contributed by atoms with Crippen LogP contribution in [0.15, 0.2) is 0 Å². The van der Waals surface area contributed by atoms with Gasteiger partial charge < -0.3 is 5.73 Å². The van der Waals surface area contributed by atoms with Gasteiger partial charge in [0.1, 0.15) is 0 Å². The summed E-state index contributed by atoms with van der Waals surface area (Å²) in [6.07, 6.45) is 1.00. The molecule has 0 saturated carbocycles. The van der Waals surface area contributed by atoms with Crippen molar-refractivity contribution < 1.29 is 0 Å². The third-order valence-corrected chi connectivity index (χ3v) is 1.04. The van der Waals surface area contributed by atoms with E-state index in [1.54, 1.807) is 0 Å². The van der Waals surface area contributed by atoms with E-state index in [0.717, 1.165) is 6.42 Å². The summed E-state index contributed by atoms with van der Waals surface area (Å²) in [5.74, 6) is 0. The smallest absolute Gasteiger partial charge is 0.0603 e. The lowest BCUT2D eigenvalue weighted by atomic mass is 10.5. The van der Waals surface area contributed by atoms with Gasteiger partial charge in [-0.1, -0.05) is 22.9 Å². The van der Waals surface area contributed by atoms with Crippen LogP contribution in [0.2, 0.25) is 0 Å². The molecule has 1 unspecified atom stereocenters. The molecule has 0 aliphatic heterocycles. The molecule has 2 N–H and O–H groups in total. The first-order chi connectivity index (χ1) is 2.27. The van der Waals surface area contributed by atoms with Gasteiger partial charge in [0.25, 0.3) is 0 Å². The highest BCUT2D eigenvalue weighted by molar-refractivity contribution is 9.09. The van der Waals surface area contributed by atoms with E-state index >= 15 is 0 Å². The average Bonchev–Trinajstić information content (AvgIpc) is 1.38. The Hall–Kier alpha value is 0.730.